The van der Waals surface area contributed by atoms with Gasteiger partial charge < -0.3 is 4.98 Å². The second-order valence-electron chi connectivity index (χ2n) is 8.90. The van der Waals surface area contributed by atoms with Crippen molar-refractivity contribution in [3.05, 3.63) is 104 Å². The summed E-state index contributed by atoms with van der Waals surface area (Å²) in [6.45, 7) is 3.77. The molecule has 4 heterocycles. The number of H-pyrrole nitrogens is 1. The van der Waals surface area contributed by atoms with Gasteiger partial charge in [0.15, 0.2) is 5.65 Å². The highest BCUT2D eigenvalue weighted by molar-refractivity contribution is 9.11. The molecule has 10 nitrogen and oxygen atoms in total. The Labute approximate surface area is 303 Å². The van der Waals surface area contributed by atoms with E-state index in [-0.39, 0.29) is 20.6 Å². The first-order valence-corrected chi connectivity index (χ1v) is 23.1. The Kier molecular flexibility index (Phi) is 14.8. The normalized spacial score (nSPS) is 11.2. The van der Waals surface area contributed by atoms with Gasteiger partial charge in [0.1, 0.15) is 28.6 Å². The van der Waals surface area contributed by atoms with Gasteiger partial charge in [0.05, 0.1) is 20.6 Å². The molecule has 6 aromatic rings. The van der Waals surface area contributed by atoms with Crippen molar-refractivity contribution in [3.63, 3.8) is 0 Å². The van der Waals surface area contributed by atoms with E-state index in [9.17, 15) is 16.8 Å². The van der Waals surface area contributed by atoms with Crippen molar-refractivity contribution in [3.8, 4) is 0 Å². The largest absolute Gasteiger partial charge is 0.345 e. The molecule has 0 aliphatic heterocycles. The average Bonchev–Trinajstić information content (AvgIpc) is 3.55. The summed E-state index contributed by atoms with van der Waals surface area (Å²) in [7, 11) is 3.85. The highest BCUT2D eigenvalue weighted by Gasteiger charge is 2.23. The maximum atomic E-state index is 12.7. The van der Waals surface area contributed by atoms with Crippen molar-refractivity contribution in [2.45, 2.75) is 23.6 Å². The lowest BCUT2D eigenvalue weighted by atomic mass is 10.2. The van der Waals surface area contributed by atoms with Crippen LogP contribution in [-0.4, -0.2) is 45.7 Å². The molecule has 1 N–H and O–H groups in total. The predicted molar refractivity (Wildman–Crippen MR) is 203 cm³/mol. The summed E-state index contributed by atoms with van der Waals surface area (Å²) in [5, 5.41) is 1.96. The fourth-order valence-electron chi connectivity index (χ4n) is 3.55. The molecule has 0 saturated heterocycles. The van der Waals surface area contributed by atoms with Crippen LogP contribution >= 0.6 is 91.6 Å². The van der Waals surface area contributed by atoms with E-state index >= 15 is 0 Å². The van der Waals surface area contributed by atoms with E-state index in [2.05, 4.69) is 74.6 Å². The predicted octanol–water partition coefficient (Wildman–Crippen LogP) is 8.93. The number of hydrogen-bond donors (Lipinski definition) is 1. The van der Waals surface area contributed by atoms with Gasteiger partial charge in [-0.3, -0.25) is 0 Å². The molecule has 2 unspecified atom stereocenters. The fraction of sp³-hybridized carbons (Fsp3) is 0.0769. The third-order valence-corrected chi connectivity index (χ3v) is 10.5. The number of aromatic amines is 1. The zero-order valence-electron chi connectivity index (χ0n) is 23.7. The summed E-state index contributed by atoms with van der Waals surface area (Å²) in [5.74, 6) is 0. The molecule has 46 heavy (non-hydrogen) atoms. The summed E-state index contributed by atoms with van der Waals surface area (Å²) in [6.07, 6.45) is 5.87. The fourth-order valence-corrected chi connectivity index (χ4v) is 7.53. The second kappa shape index (κ2) is 17.4. The van der Waals surface area contributed by atoms with Crippen LogP contribution in [0.2, 0.25) is 10.3 Å². The van der Waals surface area contributed by atoms with Crippen LogP contribution in [-0.2, 0) is 19.1 Å². The van der Waals surface area contributed by atoms with Gasteiger partial charge in [-0.25, -0.2) is 40.7 Å². The van der Waals surface area contributed by atoms with Gasteiger partial charge in [0.25, 0.3) is 19.1 Å². The highest BCUT2D eigenvalue weighted by atomic mass is 79.9. The molecule has 0 spiro atoms. The summed E-state index contributed by atoms with van der Waals surface area (Å²) in [5.41, 5.74) is 2.98. The van der Waals surface area contributed by atoms with E-state index in [1.807, 2.05) is 13.8 Å². The number of nitrogens with one attached hydrogen (secondary N) is 1. The van der Waals surface area contributed by atoms with Gasteiger partial charge in [-0.2, -0.15) is 0 Å². The molecular weight excluding hydrogens is 884 g/mol. The Bertz CT molecular complexity index is 2170. The molecule has 0 amide bonds. The third-order valence-electron chi connectivity index (χ3n) is 5.71. The van der Waals surface area contributed by atoms with Crippen LogP contribution in [0.15, 0.2) is 92.3 Å². The van der Waals surface area contributed by atoms with Gasteiger partial charge >= 0.3 is 0 Å². The van der Waals surface area contributed by atoms with Crippen LogP contribution in [0, 0.1) is 13.8 Å². The molecular formula is C26H24Br2Cl3N6O4P3S2. The standard InChI is InChI=1S/C13H9BrClN3O2S.C7H7ClO2S.C6H3BrClN3.H5P3/c1-8-2-4-9(5-3-8)21(19,20)18-6-10(14)11-12(15)16-7-17-13(11)18;1-6-2-4-7(5-3-6)11(8,9)10;7-3-1-9-6-4(3)5(8)10-2-11-6;1-3-2/h2-7H,1H3;2-5H,1H3;1-2H,(H,9,10,11);3H,1-2H2. The average molecular weight is 908 g/mol. The molecule has 0 aliphatic carbocycles. The number of aryl methyl sites for hydroxylation is 2. The second-order valence-corrected chi connectivity index (χ2v) is 20.0. The van der Waals surface area contributed by atoms with E-state index in [4.69, 9.17) is 33.9 Å². The van der Waals surface area contributed by atoms with E-state index in [0.29, 0.717) is 15.0 Å². The molecule has 0 aliphatic rings. The summed E-state index contributed by atoms with van der Waals surface area (Å²) >= 11 is 18.4. The van der Waals surface area contributed by atoms with Crippen molar-refractivity contribution < 1.29 is 16.8 Å². The minimum Gasteiger partial charge on any atom is -0.345 e. The van der Waals surface area contributed by atoms with Crippen LogP contribution in [0.3, 0.4) is 0 Å². The quantitative estimate of drug-likeness (QED) is 0.106. The van der Waals surface area contributed by atoms with Crippen molar-refractivity contribution in [2.24, 2.45) is 0 Å². The van der Waals surface area contributed by atoms with E-state index in [0.717, 1.165) is 38.6 Å². The van der Waals surface area contributed by atoms with Crippen LogP contribution in [0.4, 0.5) is 0 Å². The smallest absolute Gasteiger partial charge is 0.269 e. The molecule has 0 radical (unpaired) electrons. The number of benzene rings is 2. The molecule has 2 aromatic carbocycles. The zero-order chi connectivity index (χ0) is 34.2. The Morgan fingerprint density at radius 3 is 1.74 bits per heavy atom. The number of halogens is 5. The molecule has 0 fully saturated rings. The molecule has 4 aromatic heterocycles. The Hall–Kier alpha value is -1.30. The lowest BCUT2D eigenvalue weighted by molar-refractivity contribution is 0.588. The van der Waals surface area contributed by atoms with Gasteiger partial charge in [0.2, 0.25) is 0 Å². The number of hydrogen-bond acceptors (Lipinski definition) is 8. The minimum absolute atomic E-state index is 0.143. The number of rotatable bonds is 3. The van der Waals surface area contributed by atoms with Gasteiger partial charge in [-0.05, 0) is 70.0 Å². The van der Waals surface area contributed by atoms with Crippen LogP contribution in [0.1, 0.15) is 11.1 Å². The van der Waals surface area contributed by atoms with Crippen LogP contribution in [0.5, 0.6) is 0 Å². The monoisotopic (exact) mass is 904 g/mol. The Morgan fingerprint density at radius 1 is 0.761 bits per heavy atom. The minimum atomic E-state index is -3.74. The van der Waals surface area contributed by atoms with Crippen molar-refractivity contribution in [1.29, 1.82) is 0 Å². The lowest BCUT2D eigenvalue weighted by Crippen LogP contribution is -2.12. The highest BCUT2D eigenvalue weighted by Crippen LogP contribution is 2.32. The van der Waals surface area contributed by atoms with Crippen molar-refractivity contribution in [1.82, 2.24) is 28.9 Å². The first kappa shape index (κ1) is 39.1. The van der Waals surface area contributed by atoms with E-state index in [1.165, 1.54) is 31.0 Å². The van der Waals surface area contributed by atoms with Crippen LogP contribution < -0.4 is 0 Å². The first-order chi connectivity index (χ1) is 21.6. The lowest BCUT2D eigenvalue weighted by Gasteiger charge is -2.07. The molecule has 0 saturated carbocycles. The van der Waals surface area contributed by atoms with E-state index in [1.54, 1.807) is 42.6 Å². The van der Waals surface area contributed by atoms with Crippen molar-refractivity contribution in [2.75, 3.05) is 0 Å². The number of nitrogens with zero attached hydrogens (tertiary/aromatic N) is 5. The van der Waals surface area contributed by atoms with E-state index < -0.39 is 19.1 Å². The maximum Gasteiger partial charge on any atom is 0.269 e. The maximum absolute atomic E-state index is 12.7. The van der Waals surface area contributed by atoms with Gasteiger partial charge in [0, 0.05) is 32.0 Å². The molecule has 20 heteroatoms. The third kappa shape index (κ3) is 10.1. The Morgan fingerprint density at radius 2 is 1.24 bits per heavy atom. The molecule has 2 atom stereocenters. The molecule has 244 valence electrons. The number of fused-ring (bicyclic) bond motifs is 2. The summed E-state index contributed by atoms with van der Waals surface area (Å²) in [4.78, 5) is 19.0. The summed E-state index contributed by atoms with van der Waals surface area (Å²) < 4.78 is 49.4. The zero-order valence-corrected chi connectivity index (χ0v) is 34.0. The summed E-state index contributed by atoms with van der Waals surface area (Å²) in [6, 6.07) is 13.0. The number of aromatic nitrogens is 6. The SMILES string of the molecule is Cc1ccc(S(=O)(=O)Cl)cc1.Cc1ccc(S(=O)(=O)n2cc(Br)c3c(Cl)ncnc32)cc1.Clc1ncnc2[nH]cc(Br)c12.PPP. The van der Waals surface area contributed by atoms with Gasteiger partial charge in [-0.15, -0.1) is 17.9 Å². The molecule has 6 rings (SSSR count). The molecule has 0 bridgehead atoms. The Balaban J connectivity index is 0.000000195. The first-order valence-electron chi connectivity index (χ1n) is 12.4. The van der Waals surface area contributed by atoms with Gasteiger partial charge in [-0.1, -0.05) is 66.6 Å². The topological polar surface area (TPSA) is 141 Å². The van der Waals surface area contributed by atoms with Crippen molar-refractivity contribution >= 4 is 133 Å². The van der Waals surface area contributed by atoms with Crippen LogP contribution in [0.25, 0.3) is 22.1 Å².